The minimum atomic E-state index is -0.441. The largest absolute Gasteiger partial charge is 0.396 e. The second-order valence-electron chi connectivity index (χ2n) is 5.90. The SMILES string of the molecule is Cc1nc(C(C)C)[nH]c(=O)c1C(=O)NC(CCO)C(C)C. The molecular weight excluding hydrogens is 270 g/mol. The van der Waals surface area contributed by atoms with Crippen LogP contribution in [0.25, 0.3) is 0 Å². The highest BCUT2D eigenvalue weighted by Gasteiger charge is 2.21. The van der Waals surface area contributed by atoms with E-state index in [1.807, 2.05) is 27.7 Å². The average molecular weight is 295 g/mol. The van der Waals surface area contributed by atoms with E-state index < -0.39 is 11.5 Å². The molecule has 0 fully saturated rings. The van der Waals surface area contributed by atoms with Crippen molar-refractivity contribution in [1.29, 1.82) is 0 Å². The zero-order valence-electron chi connectivity index (χ0n) is 13.4. The molecule has 0 spiro atoms. The number of aliphatic hydroxyl groups excluding tert-OH is 1. The van der Waals surface area contributed by atoms with Crippen molar-refractivity contribution in [3.8, 4) is 0 Å². The van der Waals surface area contributed by atoms with Gasteiger partial charge in [0.05, 0.1) is 5.69 Å². The van der Waals surface area contributed by atoms with Gasteiger partial charge in [0.1, 0.15) is 11.4 Å². The number of nitrogens with zero attached hydrogens (tertiary/aromatic N) is 1. The maximum absolute atomic E-state index is 12.3. The number of aromatic nitrogens is 2. The average Bonchev–Trinajstić information content (AvgIpc) is 2.36. The summed E-state index contributed by atoms with van der Waals surface area (Å²) in [6, 6.07) is -0.175. The van der Waals surface area contributed by atoms with Gasteiger partial charge in [-0.1, -0.05) is 27.7 Å². The molecule has 0 aliphatic carbocycles. The zero-order valence-corrected chi connectivity index (χ0v) is 13.4. The van der Waals surface area contributed by atoms with Crippen LogP contribution in [0.1, 0.15) is 61.9 Å². The van der Waals surface area contributed by atoms with E-state index >= 15 is 0 Å². The summed E-state index contributed by atoms with van der Waals surface area (Å²) < 4.78 is 0. The fourth-order valence-corrected chi connectivity index (χ4v) is 2.10. The summed E-state index contributed by atoms with van der Waals surface area (Å²) in [7, 11) is 0. The van der Waals surface area contributed by atoms with Crippen molar-refractivity contribution < 1.29 is 9.90 Å². The quantitative estimate of drug-likeness (QED) is 0.738. The van der Waals surface area contributed by atoms with Gasteiger partial charge in [-0.3, -0.25) is 9.59 Å². The molecule has 0 aliphatic heterocycles. The van der Waals surface area contributed by atoms with Gasteiger partial charge in [0.25, 0.3) is 11.5 Å². The van der Waals surface area contributed by atoms with Crippen LogP contribution in [0.15, 0.2) is 4.79 Å². The summed E-state index contributed by atoms with van der Waals surface area (Å²) in [6.07, 6.45) is 0.456. The van der Waals surface area contributed by atoms with Crippen molar-refractivity contribution in [2.75, 3.05) is 6.61 Å². The van der Waals surface area contributed by atoms with E-state index in [0.29, 0.717) is 17.9 Å². The van der Waals surface area contributed by atoms with E-state index in [1.54, 1.807) is 6.92 Å². The van der Waals surface area contributed by atoms with Gasteiger partial charge in [-0.2, -0.15) is 0 Å². The molecule has 3 N–H and O–H groups in total. The van der Waals surface area contributed by atoms with Gasteiger partial charge >= 0.3 is 0 Å². The number of nitrogens with one attached hydrogen (secondary N) is 2. The lowest BCUT2D eigenvalue weighted by molar-refractivity contribution is 0.0914. The van der Waals surface area contributed by atoms with Crippen molar-refractivity contribution in [1.82, 2.24) is 15.3 Å². The van der Waals surface area contributed by atoms with E-state index in [4.69, 9.17) is 5.11 Å². The Balaban J connectivity index is 3.05. The van der Waals surface area contributed by atoms with E-state index in [9.17, 15) is 9.59 Å². The molecule has 1 aromatic rings. The number of H-pyrrole nitrogens is 1. The Labute approximate surface area is 125 Å². The van der Waals surface area contributed by atoms with Crippen LogP contribution in [0.4, 0.5) is 0 Å². The third kappa shape index (κ3) is 4.39. The van der Waals surface area contributed by atoms with Crippen LogP contribution in [0, 0.1) is 12.8 Å². The van der Waals surface area contributed by atoms with Crippen LogP contribution in [0.2, 0.25) is 0 Å². The highest BCUT2D eigenvalue weighted by molar-refractivity contribution is 5.95. The van der Waals surface area contributed by atoms with Crippen LogP contribution in [0.3, 0.4) is 0 Å². The number of aromatic amines is 1. The predicted octanol–water partition coefficient (Wildman–Crippen LogP) is 1.34. The number of carbonyl (C=O) groups is 1. The van der Waals surface area contributed by atoms with Crippen molar-refractivity contribution in [2.24, 2.45) is 5.92 Å². The lowest BCUT2D eigenvalue weighted by Gasteiger charge is -2.21. The smallest absolute Gasteiger partial charge is 0.264 e. The van der Waals surface area contributed by atoms with E-state index in [1.165, 1.54) is 0 Å². The number of hydrogen-bond acceptors (Lipinski definition) is 4. The monoisotopic (exact) mass is 295 g/mol. The minimum Gasteiger partial charge on any atom is -0.396 e. The zero-order chi connectivity index (χ0) is 16.2. The van der Waals surface area contributed by atoms with Gasteiger partial charge in [-0.05, 0) is 19.3 Å². The maximum atomic E-state index is 12.3. The van der Waals surface area contributed by atoms with Gasteiger partial charge in [-0.15, -0.1) is 0 Å². The Morgan fingerprint density at radius 1 is 1.33 bits per heavy atom. The third-order valence-corrected chi connectivity index (χ3v) is 3.45. The van der Waals surface area contributed by atoms with E-state index in [-0.39, 0.29) is 30.0 Å². The fraction of sp³-hybridized carbons (Fsp3) is 0.667. The summed E-state index contributed by atoms with van der Waals surface area (Å²) in [5.41, 5.74) is 0.0460. The summed E-state index contributed by atoms with van der Waals surface area (Å²) in [5, 5.41) is 11.8. The molecule has 0 bridgehead atoms. The first kappa shape index (κ1) is 17.4. The van der Waals surface area contributed by atoms with E-state index in [2.05, 4.69) is 15.3 Å². The molecule has 0 aliphatic rings. The summed E-state index contributed by atoms with van der Waals surface area (Å²) in [6.45, 7) is 9.41. The van der Waals surface area contributed by atoms with Crippen molar-refractivity contribution >= 4 is 5.91 Å². The first-order valence-corrected chi connectivity index (χ1v) is 7.30. The lowest BCUT2D eigenvalue weighted by atomic mass is 10.0. The molecule has 1 aromatic heterocycles. The molecular formula is C15H25N3O3. The van der Waals surface area contributed by atoms with E-state index in [0.717, 1.165) is 0 Å². The molecule has 0 radical (unpaired) electrons. The molecule has 6 heteroatoms. The molecule has 0 saturated carbocycles. The van der Waals surface area contributed by atoms with Crippen molar-refractivity contribution in [2.45, 2.75) is 53.0 Å². The molecule has 0 saturated heterocycles. The minimum absolute atomic E-state index is 0.0109. The molecule has 0 aromatic carbocycles. The van der Waals surface area contributed by atoms with Crippen LogP contribution in [0.5, 0.6) is 0 Å². The number of hydrogen-bond donors (Lipinski definition) is 3. The molecule has 1 atom stereocenters. The summed E-state index contributed by atoms with van der Waals surface area (Å²) >= 11 is 0. The number of rotatable bonds is 6. The molecule has 1 amide bonds. The molecule has 118 valence electrons. The van der Waals surface area contributed by atoms with Crippen molar-refractivity contribution in [3.05, 3.63) is 27.4 Å². The number of amides is 1. The van der Waals surface area contributed by atoms with Crippen LogP contribution < -0.4 is 10.9 Å². The summed E-state index contributed by atoms with van der Waals surface area (Å²) in [5.74, 6) is 0.392. The van der Waals surface area contributed by atoms with Gasteiger partial charge in [0, 0.05) is 18.6 Å². The highest BCUT2D eigenvalue weighted by atomic mass is 16.3. The van der Waals surface area contributed by atoms with Crippen molar-refractivity contribution in [3.63, 3.8) is 0 Å². The van der Waals surface area contributed by atoms with Gasteiger partial charge in [0.2, 0.25) is 0 Å². The summed E-state index contributed by atoms with van der Waals surface area (Å²) in [4.78, 5) is 31.4. The number of aryl methyl sites for hydroxylation is 1. The van der Waals surface area contributed by atoms with Crippen LogP contribution >= 0.6 is 0 Å². The van der Waals surface area contributed by atoms with Crippen LogP contribution in [-0.2, 0) is 0 Å². The van der Waals surface area contributed by atoms with Gasteiger partial charge in [-0.25, -0.2) is 4.98 Å². The van der Waals surface area contributed by atoms with Crippen LogP contribution in [-0.4, -0.2) is 33.6 Å². The topological polar surface area (TPSA) is 95.1 Å². The molecule has 1 unspecified atom stereocenters. The van der Waals surface area contributed by atoms with Gasteiger partial charge in [0.15, 0.2) is 0 Å². The fourth-order valence-electron chi connectivity index (χ4n) is 2.10. The second kappa shape index (κ2) is 7.36. The Bertz CT molecular complexity index is 550. The maximum Gasteiger partial charge on any atom is 0.264 e. The third-order valence-electron chi connectivity index (χ3n) is 3.45. The number of carbonyl (C=O) groups excluding carboxylic acids is 1. The predicted molar refractivity (Wildman–Crippen MR) is 81.5 cm³/mol. The Hall–Kier alpha value is -1.69. The molecule has 1 rings (SSSR count). The number of aliphatic hydroxyl groups is 1. The first-order chi connectivity index (χ1) is 9.77. The Morgan fingerprint density at radius 2 is 1.95 bits per heavy atom. The Kier molecular flexibility index (Phi) is 6.08. The standard InChI is InChI=1S/C15H25N3O3/c1-8(2)11(6-7-19)17-14(20)12-10(5)16-13(9(3)4)18-15(12)21/h8-9,11,19H,6-7H2,1-5H3,(H,17,20)(H,16,18,21). The highest BCUT2D eigenvalue weighted by Crippen LogP contribution is 2.10. The Morgan fingerprint density at radius 3 is 2.38 bits per heavy atom. The first-order valence-electron chi connectivity index (χ1n) is 7.30. The molecule has 1 heterocycles. The van der Waals surface area contributed by atoms with Gasteiger partial charge < -0.3 is 15.4 Å². The second-order valence-corrected chi connectivity index (χ2v) is 5.90. The normalized spacial score (nSPS) is 12.8. The molecule has 6 nitrogen and oxygen atoms in total. The molecule has 21 heavy (non-hydrogen) atoms. The lowest BCUT2D eigenvalue weighted by Crippen LogP contribution is -2.42.